The van der Waals surface area contributed by atoms with Gasteiger partial charge in [0.15, 0.2) is 0 Å². The van der Waals surface area contributed by atoms with Crippen LogP contribution in [0, 0.1) is 0 Å². The Morgan fingerprint density at radius 1 is 1.08 bits per heavy atom. The van der Waals surface area contributed by atoms with Crippen molar-refractivity contribution in [1.82, 2.24) is 27.8 Å². The van der Waals surface area contributed by atoms with Crippen LogP contribution in [0.3, 0.4) is 0 Å². The fourth-order valence-corrected chi connectivity index (χ4v) is 29.7. The van der Waals surface area contributed by atoms with Crippen LogP contribution in [0.4, 0.5) is 0 Å². The van der Waals surface area contributed by atoms with Gasteiger partial charge >= 0.3 is 14.8 Å². The molecule has 2 unspecified atom stereocenters. The summed E-state index contributed by atoms with van der Waals surface area (Å²) in [4.78, 5) is 12.1. The lowest BCUT2D eigenvalue weighted by Crippen LogP contribution is -2.51. The summed E-state index contributed by atoms with van der Waals surface area (Å²) in [6.45, 7) is -1.43. The van der Waals surface area contributed by atoms with E-state index in [-0.39, 0.29) is 0 Å². The van der Waals surface area contributed by atoms with E-state index in [4.69, 9.17) is 4.74 Å². The van der Waals surface area contributed by atoms with Gasteiger partial charge in [-0.15, -0.1) is 5.09 Å². The molecule has 140 valence electrons. The molecule has 0 aromatic carbocycles. The van der Waals surface area contributed by atoms with Gasteiger partial charge in [-0.25, -0.2) is 0 Å². The van der Waals surface area contributed by atoms with Gasteiger partial charge in [-0.2, -0.15) is 0 Å². The zero-order valence-corrected chi connectivity index (χ0v) is 20.5. The molecule has 2 fully saturated rings. The van der Waals surface area contributed by atoms with Gasteiger partial charge in [-0.1, -0.05) is 29.2 Å². The Hall–Kier alpha value is 2.25. The maximum absolute atomic E-state index is 5.14. The first-order valence-corrected chi connectivity index (χ1v) is 18.6. The molecule has 14 heteroatoms. The van der Waals surface area contributed by atoms with E-state index < -0.39 is 21.3 Å². The third-order valence-corrected chi connectivity index (χ3v) is 25.8. The van der Waals surface area contributed by atoms with Crippen LogP contribution < -0.4 is 19.7 Å². The van der Waals surface area contributed by atoms with Gasteiger partial charge in [0.25, 0.3) is 0 Å². The summed E-state index contributed by atoms with van der Waals surface area (Å²) < 4.78 is 9.94. The van der Waals surface area contributed by atoms with E-state index >= 15 is 0 Å². The zero-order chi connectivity index (χ0) is 17.3. The lowest BCUT2D eigenvalue weighted by atomic mass is 10.5. The van der Waals surface area contributed by atoms with Crippen LogP contribution in [0.25, 0.3) is 0 Å². The third kappa shape index (κ3) is 4.14. The Morgan fingerprint density at radius 2 is 1.83 bits per heavy atom. The van der Waals surface area contributed by atoms with E-state index in [1.807, 2.05) is 11.4 Å². The summed E-state index contributed by atoms with van der Waals surface area (Å²) in [7, 11) is 2.49. The van der Waals surface area contributed by atoms with E-state index in [1.54, 1.807) is 23.9 Å². The highest BCUT2D eigenvalue weighted by Crippen LogP contribution is 2.85. The minimum Gasteiger partial charge on any atom is -0.260 e. The summed E-state index contributed by atoms with van der Waals surface area (Å²) in [5.74, 6) is 2.39. The Bertz CT molecular complexity index is 497. The summed E-state index contributed by atoms with van der Waals surface area (Å²) in [6, 6.07) is 0. The molecule has 2 atom stereocenters. The van der Waals surface area contributed by atoms with Crippen molar-refractivity contribution in [1.29, 1.82) is 0 Å². The molecule has 0 radical (unpaired) electrons. The molecular formula is C10H28N7P3S4+2. The molecule has 0 aliphatic carbocycles. The Morgan fingerprint density at radius 3 is 2.38 bits per heavy atom. The van der Waals surface area contributed by atoms with E-state index in [2.05, 4.69) is 65.8 Å². The maximum atomic E-state index is 5.14. The third-order valence-electron chi connectivity index (χ3n) is 4.00. The molecule has 3 rings (SSSR count). The smallest absolute Gasteiger partial charge is 0.260 e. The predicted molar refractivity (Wildman–Crippen MR) is 122 cm³/mol. The van der Waals surface area contributed by atoms with Crippen molar-refractivity contribution in [3.05, 3.63) is 0 Å². The van der Waals surface area contributed by atoms with Gasteiger partial charge in [-0.3, -0.25) is 4.74 Å². The maximum Gasteiger partial charge on any atom is 0.367 e. The minimum atomic E-state index is -1.91. The normalized spacial score (nSPS) is 36.4. The fraction of sp³-hybridized carbons (Fsp3) is 1.00. The minimum absolute atomic E-state index is 0.970. The topological polar surface area (TPSA) is 67.0 Å². The van der Waals surface area contributed by atoms with Gasteiger partial charge in [0.1, 0.15) is 0 Å². The summed E-state index contributed by atoms with van der Waals surface area (Å²) >= 11 is 7.67. The fourth-order valence-electron chi connectivity index (χ4n) is 2.63. The molecular weight excluding hydrogens is 439 g/mol. The van der Waals surface area contributed by atoms with Gasteiger partial charge in [0, 0.05) is 43.5 Å². The highest BCUT2D eigenvalue weighted by atomic mass is 32.8. The second kappa shape index (κ2) is 8.73. The highest BCUT2D eigenvalue weighted by molar-refractivity contribution is 8.67. The Kier molecular flexibility index (Phi) is 7.63. The summed E-state index contributed by atoms with van der Waals surface area (Å²) in [6.07, 6.45) is 6.74. The molecule has 24 heavy (non-hydrogen) atoms. The Balaban J connectivity index is 2.05. The van der Waals surface area contributed by atoms with Crippen LogP contribution in [-0.2, 0) is 0 Å². The van der Waals surface area contributed by atoms with Crippen LogP contribution in [0.15, 0.2) is 4.74 Å². The molecule has 3 aliphatic heterocycles. The average molecular weight is 468 g/mol. The highest BCUT2D eigenvalue weighted by Gasteiger charge is 2.69. The van der Waals surface area contributed by atoms with Gasteiger partial charge in [0.2, 0.25) is 6.56 Å². The first-order valence-electron chi connectivity index (χ1n) is 7.85. The average Bonchev–Trinajstić information content (AvgIpc) is 2.60. The number of hydrogen-bond donors (Lipinski definition) is 4. The summed E-state index contributed by atoms with van der Waals surface area (Å²) in [5.41, 5.74) is 0. The van der Waals surface area contributed by atoms with Crippen molar-refractivity contribution < 1.29 is 0 Å². The van der Waals surface area contributed by atoms with Crippen LogP contribution in [0.1, 0.15) is 12.8 Å². The van der Waals surface area contributed by atoms with Crippen molar-refractivity contribution >= 4 is 68.0 Å². The zero-order valence-electron chi connectivity index (χ0n) is 14.6. The monoisotopic (exact) mass is 467 g/mol. The molecule has 2 saturated heterocycles. The van der Waals surface area contributed by atoms with E-state index in [1.165, 1.54) is 24.3 Å². The molecule has 3 aliphatic rings. The number of nitrogens with zero attached hydrogens (tertiary/aromatic N) is 3. The first-order chi connectivity index (χ1) is 11.5. The van der Waals surface area contributed by atoms with Crippen molar-refractivity contribution in [3.8, 4) is 0 Å². The predicted octanol–water partition coefficient (Wildman–Crippen LogP) is 4.35. The van der Waals surface area contributed by atoms with Crippen molar-refractivity contribution in [2.45, 2.75) is 12.8 Å². The number of hydrogen-bond acceptors (Lipinski definition) is 11. The van der Waals surface area contributed by atoms with Crippen LogP contribution in [-0.4, -0.2) is 59.4 Å². The molecule has 0 saturated carbocycles. The van der Waals surface area contributed by atoms with E-state index in [9.17, 15) is 0 Å². The quantitative estimate of drug-likeness (QED) is 0.354. The molecule has 3 heterocycles. The molecule has 2 spiro atoms. The SMILES string of the molecule is CSN(C)[P+]1(N(C)SC)NP2(=NCCCS2)N[P+]2(NCCCS2)N1. The molecule has 0 aromatic rings. The lowest BCUT2D eigenvalue weighted by molar-refractivity contribution is 0.736. The molecule has 0 amide bonds. The molecule has 7 nitrogen and oxygen atoms in total. The Labute approximate surface area is 164 Å². The second-order valence-corrected chi connectivity index (χ2v) is 21.8. The van der Waals surface area contributed by atoms with Crippen molar-refractivity contribution in [3.63, 3.8) is 0 Å². The van der Waals surface area contributed by atoms with Crippen molar-refractivity contribution in [2.24, 2.45) is 4.74 Å². The van der Waals surface area contributed by atoms with Gasteiger partial charge in [0.05, 0.1) is 11.4 Å². The lowest BCUT2D eigenvalue weighted by Gasteiger charge is -2.46. The van der Waals surface area contributed by atoms with Crippen LogP contribution in [0.2, 0.25) is 0 Å². The largest absolute Gasteiger partial charge is 0.367 e. The van der Waals surface area contributed by atoms with Gasteiger partial charge < -0.3 is 0 Å². The molecule has 0 bridgehead atoms. The van der Waals surface area contributed by atoms with E-state index in [0.29, 0.717) is 0 Å². The standard InChI is InChI=1S/C10H28N7P3S4/c1-16(21-3)20(17(2)22-4)14-18(11-7-5-9-23-18)13-19(15-20)12-8-6-10-24-19/h11,13-15H,5-10H2,1-4H3/q+2. The van der Waals surface area contributed by atoms with Crippen LogP contribution in [0.5, 0.6) is 0 Å². The van der Waals surface area contributed by atoms with E-state index in [0.717, 1.165) is 13.1 Å². The molecule has 4 N–H and O–H groups in total. The second-order valence-electron chi connectivity index (χ2n) is 5.53. The number of rotatable bonds is 4. The van der Waals surface area contributed by atoms with Crippen molar-refractivity contribution in [2.75, 3.05) is 51.2 Å². The van der Waals surface area contributed by atoms with Gasteiger partial charge in [-0.05, 0) is 49.2 Å². The molecule has 0 aromatic heterocycles. The summed E-state index contributed by atoms with van der Waals surface area (Å²) in [5, 5.41) is 3.84. The number of nitrogens with one attached hydrogen (secondary N) is 4. The van der Waals surface area contributed by atoms with Crippen LogP contribution >= 0.6 is 68.0 Å². The first kappa shape index (κ1) is 21.0.